The molecule has 0 saturated heterocycles. The van der Waals surface area contributed by atoms with Crippen molar-refractivity contribution in [2.75, 3.05) is 13.1 Å². The standard InChI is InChI=1S/C17H24ClN3O.ClH/c18-14-6-7-16-15(11-14)13(12-21-16)8-10-20-17(22)5-3-1-2-4-9-19;/h6-7,11-12,21H,1-5,8-10,19H2,(H,20,22);1H. The van der Waals surface area contributed by atoms with Crippen LogP contribution in [0.25, 0.3) is 10.9 Å². The average Bonchev–Trinajstić information content (AvgIpc) is 2.89. The molecular formula is C17H25Cl2N3O. The van der Waals surface area contributed by atoms with Gasteiger partial charge in [-0.1, -0.05) is 24.4 Å². The molecule has 0 aliphatic carbocycles. The Morgan fingerprint density at radius 2 is 2.00 bits per heavy atom. The molecule has 0 radical (unpaired) electrons. The maximum atomic E-state index is 11.8. The minimum Gasteiger partial charge on any atom is -0.361 e. The van der Waals surface area contributed by atoms with E-state index < -0.39 is 0 Å². The number of carbonyl (C=O) groups excluding carboxylic acids is 1. The molecule has 2 rings (SSSR count). The summed E-state index contributed by atoms with van der Waals surface area (Å²) in [7, 11) is 0. The van der Waals surface area contributed by atoms with Gasteiger partial charge >= 0.3 is 0 Å². The summed E-state index contributed by atoms with van der Waals surface area (Å²) in [4.78, 5) is 15.0. The zero-order chi connectivity index (χ0) is 15.8. The Kier molecular flexibility index (Phi) is 9.07. The Morgan fingerprint density at radius 1 is 1.22 bits per heavy atom. The topological polar surface area (TPSA) is 70.9 Å². The van der Waals surface area contributed by atoms with E-state index in [2.05, 4.69) is 10.3 Å². The molecule has 128 valence electrons. The lowest BCUT2D eigenvalue weighted by molar-refractivity contribution is -0.121. The fourth-order valence-electron chi connectivity index (χ4n) is 2.57. The second kappa shape index (κ2) is 10.5. The fraction of sp³-hybridized carbons (Fsp3) is 0.471. The number of aromatic amines is 1. The molecule has 0 aliphatic heterocycles. The van der Waals surface area contributed by atoms with Crippen molar-refractivity contribution in [2.45, 2.75) is 38.5 Å². The van der Waals surface area contributed by atoms with Gasteiger partial charge in [0.05, 0.1) is 0 Å². The first kappa shape index (κ1) is 19.8. The fourth-order valence-corrected chi connectivity index (χ4v) is 2.74. The molecule has 4 nitrogen and oxygen atoms in total. The normalized spacial score (nSPS) is 10.5. The van der Waals surface area contributed by atoms with Crippen molar-refractivity contribution in [2.24, 2.45) is 5.73 Å². The maximum Gasteiger partial charge on any atom is 0.220 e. The quantitative estimate of drug-likeness (QED) is 0.597. The first-order valence-electron chi connectivity index (χ1n) is 7.93. The number of amides is 1. The Bertz CT molecular complexity index is 613. The molecule has 0 saturated carbocycles. The van der Waals surface area contributed by atoms with E-state index >= 15 is 0 Å². The van der Waals surface area contributed by atoms with Gasteiger partial charge in [0.25, 0.3) is 0 Å². The Morgan fingerprint density at radius 3 is 2.78 bits per heavy atom. The third-order valence-corrected chi connectivity index (χ3v) is 4.04. The first-order chi connectivity index (χ1) is 10.7. The minimum atomic E-state index is 0. The van der Waals surface area contributed by atoms with Crippen LogP contribution in [0, 0.1) is 0 Å². The number of hydrogen-bond donors (Lipinski definition) is 3. The van der Waals surface area contributed by atoms with Gasteiger partial charge in [-0.05, 0) is 49.6 Å². The molecule has 23 heavy (non-hydrogen) atoms. The monoisotopic (exact) mass is 357 g/mol. The molecule has 4 N–H and O–H groups in total. The van der Waals surface area contributed by atoms with E-state index in [9.17, 15) is 4.79 Å². The van der Waals surface area contributed by atoms with E-state index in [1.807, 2.05) is 24.4 Å². The molecule has 1 aromatic carbocycles. The SMILES string of the molecule is Cl.NCCCCCCC(=O)NCCc1c[nH]c2ccc(Cl)cc12. The molecule has 6 heteroatoms. The molecule has 0 aliphatic rings. The molecule has 1 amide bonds. The Labute approximate surface area is 148 Å². The molecule has 0 spiro atoms. The lowest BCUT2D eigenvalue weighted by Gasteiger charge is -2.05. The van der Waals surface area contributed by atoms with Crippen LogP contribution in [-0.2, 0) is 11.2 Å². The van der Waals surface area contributed by atoms with Crippen LogP contribution < -0.4 is 11.1 Å². The van der Waals surface area contributed by atoms with Crippen molar-refractivity contribution in [3.05, 3.63) is 35.0 Å². The number of fused-ring (bicyclic) bond motifs is 1. The Hall–Kier alpha value is -1.23. The predicted octanol–water partition coefficient (Wildman–Crippen LogP) is 3.81. The van der Waals surface area contributed by atoms with E-state index in [1.165, 1.54) is 5.56 Å². The van der Waals surface area contributed by atoms with Crippen LogP contribution in [0.2, 0.25) is 5.02 Å². The summed E-state index contributed by atoms with van der Waals surface area (Å²) >= 11 is 6.03. The zero-order valence-electron chi connectivity index (χ0n) is 13.2. The molecule has 1 heterocycles. The van der Waals surface area contributed by atoms with E-state index in [0.29, 0.717) is 13.0 Å². The smallest absolute Gasteiger partial charge is 0.220 e. The van der Waals surface area contributed by atoms with Gasteiger partial charge < -0.3 is 16.0 Å². The van der Waals surface area contributed by atoms with Gasteiger partial charge in [-0.3, -0.25) is 4.79 Å². The van der Waals surface area contributed by atoms with Crippen LogP contribution in [-0.4, -0.2) is 24.0 Å². The summed E-state index contributed by atoms with van der Waals surface area (Å²) in [6.07, 6.45) is 7.56. The van der Waals surface area contributed by atoms with Crippen molar-refractivity contribution in [1.82, 2.24) is 10.3 Å². The lowest BCUT2D eigenvalue weighted by atomic mass is 10.1. The summed E-state index contributed by atoms with van der Waals surface area (Å²) in [5.41, 5.74) is 7.70. The molecule has 0 bridgehead atoms. The van der Waals surface area contributed by atoms with Crippen molar-refractivity contribution >= 4 is 40.8 Å². The average molecular weight is 358 g/mol. The maximum absolute atomic E-state index is 11.8. The number of benzene rings is 1. The third-order valence-electron chi connectivity index (χ3n) is 3.80. The highest BCUT2D eigenvalue weighted by Crippen LogP contribution is 2.22. The highest BCUT2D eigenvalue weighted by atomic mass is 35.5. The van der Waals surface area contributed by atoms with Crippen molar-refractivity contribution in [1.29, 1.82) is 0 Å². The second-order valence-electron chi connectivity index (χ2n) is 5.56. The molecular weight excluding hydrogens is 333 g/mol. The molecule has 1 aromatic heterocycles. The van der Waals surface area contributed by atoms with Gasteiger partial charge in [0.15, 0.2) is 0 Å². The van der Waals surface area contributed by atoms with Gasteiger partial charge in [0.1, 0.15) is 0 Å². The predicted molar refractivity (Wildman–Crippen MR) is 99.4 cm³/mol. The van der Waals surface area contributed by atoms with Gasteiger partial charge in [0.2, 0.25) is 5.91 Å². The summed E-state index contributed by atoms with van der Waals surface area (Å²) in [5.74, 6) is 0.130. The largest absolute Gasteiger partial charge is 0.361 e. The number of aromatic nitrogens is 1. The highest BCUT2D eigenvalue weighted by molar-refractivity contribution is 6.31. The minimum absolute atomic E-state index is 0. The van der Waals surface area contributed by atoms with Crippen molar-refractivity contribution in [3.8, 4) is 0 Å². The summed E-state index contributed by atoms with van der Waals surface area (Å²) in [6.45, 7) is 1.39. The van der Waals surface area contributed by atoms with Crippen LogP contribution in [0.4, 0.5) is 0 Å². The third kappa shape index (κ3) is 6.42. The van der Waals surface area contributed by atoms with Crippen LogP contribution in [0.15, 0.2) is 24.4 Å². The Balaban J connectivity index is 0.00000264. The number of carbonyl (C=O) groups is 1. The molecule has 2 aromatic rings. The summed E-state index contributed by atoms with van der Waals surface area (Å²) < 4.78 is 0. The number of rotatable bonds is 9. The lowest BCUT2D eigenvalue weighted by Crippen LogP contribution is -2.25. The van der Waals surface area contributed by atoms with E-state index in [-0.39, 0.29) is 18.3 Å². The van der Waals surface area contributed by atoms with E-state index in [4.69, 9.17) is 17.3 Å². The van der Waals surface area contributed by atoms with E-state index in [1.54, 1.807) is 0 Å². The number of unbranched alkanes of at least 4 members (excludes halogenated alkanes) is 3. The summed E-state index contributed by atoms with van der Waals surface area (Å²) in [5, 5.41) is 4.84. The van der Waals surface area contributed by atoms with Crippen LogP contribution in [0.1, 0.15) is 37.7 Å². The number of H-pyrrole nitrogens is 1. The van der Waals surface area contributed by atoms with Crippen molar-refractivity contribution < 1.29 is 4.79 Å². The number of nitrogens with one attached hydrogen (secondary N) is 2. The van der Waals surface area contributed by atoms with Crippen molar-refractivity contribution in [3.63, 3.8) is 0 Å². The van der Waals surface area contributed by atoms with Crippen LogP contribution in [0.5, 0.6) is 0 Å². The van der Waals surface area contributed by atoms with Crippen LogP contribution in [0.3, 0.4) is 0 Å². The number of halogens is 2. The summed E-state index contributed by atoms with van der Waals surface area (Å²) in [6, 6.07) is 5.81. The molecule has 0 unspecified atom stereocenters. The van der Waals surface area contributed by atoms with E-state index in [0.717, 1.165) is 54.6 Å². The number of nitrogens with two attached hydrogens (primary N) is 1. The second-order valence-corrected chi connectivity index (χ2v) is 5.99. The molecule has 0 atom stereocenters. The van der Waals surface area contributed by atoms with Gasteiger partial charge in [0, 0.05) is 35.1 Å². The van der Waals surface area contributed by atoms with Gasteiger partial charge in [-0.2, -0.15) is 0 Å². The molecule has 0 fully saturated rings. The highest BCUT2D eigenvalue weighted by Gasteiger charge is 2.05. The van der Waals surface area contributed by atoms with Crippen LogP contribution >= 0.6 is 24.0 Å². The zero-order valence-corrected chi connectivity index (χ0v) is 14.8. The number of hydrogen-bond acceptors (Lipinski definition) is 2. The van der Waals surface area contributed by atoms with Gasteiger partial charge in [-0.25, -0.2) is 0 Å². The van der Waals surface area contributed by atoms with Gasteiger partial charge in [-0.15, -0.1) is 12.4 Å². The first-order valence-corrected chi connectivity index (χ1v) is 8.31.